The van der Waals surface area contributed by atoms with Crippen molar-refractivity contribution in [1.29, 1.82) is 0 Å². The number of rotatable bonds is 3. The molecule has 0 radical (unpaired) electrons. The van der Waals surface area contributed by atoms with Crippen molar-refractivity contribution in [1.82, 2.24) is 10.2 Å². The summed E-state index contributed by atoms with van der Waals surface area (Å²) in [6.07, 6.45) is 8.21. The van der Waals surface area contributed by atoms with Crippen molar-refractivity contribution in [3.05, 3.63) is 5.01 Å². The zero-order valence-electron chi connectivity index (χ0n) is 11.3. The second-order valence-corrected chi connectivity index (χ2v) is 7.06. The highest BCUT2D eigenvalue weighted by Crippen LogP contribution is 2.43. The minimum Gasteiger partial charge on any atom is -0.378 e. The standard InChI is InChI=1S/C14H21N3OS/c1-2-12(18-9-1)10-5-7-17(8-6-10)14-16-15-13(19-14)11-3-4-11/h10-12H,1-9H2. The van der Waals surface area contributed by atoms with Gasteiger partial charge in [0.1, 0.15) is 5.01 Å². The second-order valence-electron chi connectivity index (χ2n) is 6.07. The number of hydrogen-bond acceptors (Lipinski definition) is 5. The van der Waals surface area contributed by atoms with Gasteiger partial charge in [0, 0.05) is 25.6 Å². The number of piperidine rings is 1. The first-order valence-electron chi connectivity index (χ1n) is 7.60. The van der Waals surface area contributed by atoms with Gasteiger partial charge in [0.05, 0.1) is 6.10 Å². The fourth-order valence-corrected chi connectivity index (χ4v) is 4.35. The van der Waals surface area contributed by atoms with Crippen LogP contribution in [-0.2, 0) is 4.74 Å². The molecule has 104 valence electrons. The largest absolute Gasteiger partial charge is 0.378 e. The van der Waals surface area contributed by atoms with Crippen LogP contribution < -0.4 is 4.90 Å². The molecule has 0 spiro atoms. The Morgan fingerprint density at radius 1 is 1.05 bits per heavy atom. The molecule has 0 bridgehead atoms. The van der Waals surface area contributed by atoms with Crippen LogP contribution >= 0.6 is 11.3 Å². The highest BCUT2D eigenvalue weighted by atomic mass is 32.1. The maximum atomic E-state index is 5.83. The topological polar surface area (TPSA) is 38.2 Å². The summed E-state index contributed by atoms with van der Waals surface area (Å²) in [6, 6.07) is 0. The lowest BCUT2D eigenvalue weighted by Gasteiger charge is -2.33. The third-order valence-corrected chi connectivity index (χ3v) is 5.80. The average molecular weight is 279 g/mol. The van der Waals surface area contributed by atoms with E-state index in [4.69, 9.17) is 4.74 Å². The van der Waals surface area contributed by atoms with Crippen molar-refractivity contribution in [3.63, 3.8) is 0 Å². The molecule has 3 heterocycles. The van der Waals surface area contributed by atoms with Crippen LogP contribution in [0.25, 0.3) is 0 Å². The highest BCUT2D eigenvalue weighted by molar-refractivity contribution is 7.15. The molecule has 1 aromatic heterocycles. The molecule has 5 heteroatoms. The summed E-state index contributed by atoms with van der Waals surface area (Å²) in [5, 5.41) is 11.1. The number of aromatic nitrogens is 2. The molecule has 0 aromatic carbocycles. The van der Waals surface area contributed by atoms with Gasteiger partial charge < -0.3 is 9.64 Å². The van der Waals surface area contributed by atoms with Crippen LogP contribution in [0.1, 0.15) is 49.5 Å². The Morgan fingerprint density at radius 3 is 2.58 bits per heavy atom. The lowest BCUT2D eigenvalue weighted by Crippen LogP contribution is -2.37. The summed E-state index contributed by atoms with van der Waals surface area (Å²) < 4.78 is 5.83. The van der Waals surface area contributed by atoms with Crippen molar-refractivity contribution in [2.75, 3.05) is 24.6 Å². The first-order chi connectivity index (χ1) is 9.40. The molecule has 0 amide bonds. The van der Waals surface area contributed by atoms with Gasteiger partial charge >= 0.3 is 0 Å². The van der Waals surface area contributed by atoms with Crippen molar-refractivity contribution in [2.24, 2.45) is 5.92 Å². The van der Waals surface area contributed by atoms with Crippen LogP contribution in [0, 0.1) is 5.92 Å². The van der Waals surface area contributed by atoms with E-state index in [9.17, 15) is 0 Å². The molecule has 19 heavy (non-hydrogen) atoms. The Bertz CT molecular complexity index is 432. The van der Waals surface area contributed by atoms with Crippen LogP contribution in [0.5, 0.6) is 0 Å². The molecule has 1 aromatic rings. The third kappa shape index (κ3) is 2.50. The average Bonchev–Trinajstić information content (AvgIpc) is 2.97. The Morgan fingerprint density at radius 2 is 1.89 bits per heavy atom. The van der Waals surface area contributed by atoms with Gasteiger partial charge in [-0.2, -0.15) is 0 Å². The third-order valence-electron chi connectivity index (χ3n) is 4.66. The Labute approximate surface area is 118 Å². The lowest BCUT2D eigenvalue weighted by molar-refractivity contribution is 0.0531. The molecule has 4 rings (SSSR count). The van der Waals surface area contributed by atoms with Crippen LogP contribution in [0.4, 0.5) is 5.13 Å². The molecular weight excluding hydrogens is 258 g/mol. The second kappa shape index (κ2) is 5.02. The summed E-state index contributed by atoms with van der Waals surface area (Å²) in [5.41, 5.74) is 0. The predicted octanol–water partition coefficient (Wildman–Crippen LogP) is 2.81. The highest BCUT2D eigenvalue weighted by Gasteiger charge is 2.32. The molecule has 0 N–H and O–H groups in total. The normalized spacial score (nSPS) is 29.1. The Kier molecular flexibility index (Phi) is 3.19. The Balaban J connectivity index is 1.36. The van der Waals surface area contributed by atoms with Crippen molar-refractivity contribution in [2.45, 2.75) is 50.5 Å². The first kappa shape index (κ1) is 12.1. The minimum absolute atomic E-state index is 0.540. The van der Waals surface area contributed by atoms with E-state index in [2.05, 4.69) is 15.1 Å². The zero-order chi connectivity index (χ0) is 12.7. The molecular formula is C14H21N3OS. The van der Waals surface area contributed by atoms with Crippen LogP contribution in [-0.4, -0.2) is 36.0 Å². The molecule has 1 saturated carbocycles. The van der Waals surface area contributed by atoms with Gasteiger partial charge in [-0.3, -0.25) is 0 Å². The van der Waals surface area contributed by atoms with E-state index in [0.29, 0.717) is 6.10 Å². The summed E-state index contributed by atoms with van der Waals surface area (Å²) >= 11 is 1.82. The number of hydrogen-bond donors (Lipinski definition) is 0. The van der Waals surface area contributed by atoms with E-state index in [1.165, 1.54) is 43.5 Å². The van der Waals surface area contributed by atoms with Gasteiger partial charge in [-0.05, 0) is 44.4 Å². The zero-order valence-corrected chi connectivity index (χ0v) is 12.1. The lowest BCUT2D eigenvalue weighted by atomic mass is 9.90. The van der Waals surface area contributed by atoms with Gasteiger partial charge in [0.2, 0.25) is 5.13 Å². The van der Waals surface area contributed by atoms with Gasteiger partial charge in [0.25, 0.3) is 0 Å². The van der Waals surface area contributed by atoms with Gasteiger partial charge in [0.15, 0.2) is 0 Å². The maximum Gasteiger partial charge on any atom is 0.208 e. The van der Waals surface area contributed by atoms with Crippen LogP contribution in [0.3, 0.4) is 0 Å². The van der Waals surface area contributed by atoms with Crippen LogP contribution in [0.15, 0.2) is 0 Å². The molecule has 1 unspecified atom stereocenters. The molecule has 3 aliphatic rings. The summed E-state index contributed by atoms with van der Waals surface area (Å²) in [5.74, 6) is 1.50. The molecule has 1 atom stereocenters. The van der Waals surface area contributed by atoms with Crippen LogP contribution in [0.2, 0.25) is 0 Å². The molecule has 2 aliphatic heterocycles. The van der Waals surface area contributed by atoms with E-state index in [1.54, 1.807) is 0 Å². The van der Waals surface area contributed by atoms with E-state index in [-0.39, 0.29) is 0 Å². The van der Waals surface area contributed by atoms with Gasteiger partial charge in [-0.1, -0.05) is 11.3 Å². The molecule has 2 saturated heterocycles. The minimum atomic E-state index is 0.540. The van der Waals surface area contributed by atoms with E-state index in [0.717, 1.165) is 36.7 Å². The summed E-state index contributed by atoms with van der Waals surface area (Å²) in [4.78, 5) is 2.43. The number of ether oxygens (including phenoxy) is 1. The quantitative estimate of drug-likeness (QED) is 0.853. The summed E-state index contributed by atoms with van der Waals surface area (Å²) in [7, 11) is 0. The fourth-order valence-electron chi connectivity index (χ4n) is 3.29. The smallest absolute Gasteiger partial charge is 0.208 e. The molecule has 1 aliphatic carbocycles. The number of anilines is 1. The van der Waals surface area contributed by atoms with E-state index >= 15 is 0 Å². The molecule has 3 fully saturated rings. The van der Waals surface area contributed by atoms with Crippen molar-refractivity contribution in [3.8, 4) is 0 Å². The van der Waals surface area contributed by atoms with E-state index < -0.39 is 0 Å². The van der Waals surface area contributed by atoms with E-state index in [1.807, 2.05) is 11.3 Å². The van der Waals surface area contributed by atoms with Gasteiger partial charge in [-0.25, -0.2) is 0 Å². The summed E-state index contributed by atoms with van der Waals surface area (Å²) in [6.45, 7) is 3.24. The first-order valence-corrected chi connectivity index (χ1v) is 8.42. The van der Waals surface area contributed by atoms with Gasteiger partial charge in [-0.15, -0.1) is 10.2 Å². The van der Waals surface area contributed by atoms with Crippen molar-refractivity contribution < 1.29 is 4.74 Å². The number of nitrogens with zero attached hydrogens (tertiary/aromatic N) is 3. The molecule has 4 nitrogen and oxygen atoms in total. The Hall–Kier alpha value is -0.680. The maximum absolute atomic E-state index is 5.83. The monoisotopic (exact) mass is 279 g/mol. The predicted molar refractivity (Wildman–Crippen MR) is 75.8 cm³/mol. The fraction of sp³-hybridized carbons (Fsp3) is 0.857. The SMILES string of the molecule is C1COC(C2CCN(c3nnc(C4CC4)s3)CC2)C1. The van der Waals surface area contributed by atoms with Crippen molar-refractivity contribution >= 4 is 16.5 Å².